The van der Waals surface area contributed by atoms with Crippen LogP contribution >= 0.6 is 27.5 Å². The van der Waals surface area contributed by atoms with Crippen LogP contribution in [-0.2, 0) is 0 Å². The summed E-state index contributed by atoms with van der Waals surface area (Å²) in [6.07, 6.45) is 2.74. The third-order valence-electron chi connectivity index (χ3n) is 3.14. The Morgan fingerprint density at radius 2 is 1.64 bits per heavy atom. The van der Waals surface area contributed by atoms with Crippen LogP contribution in [0.25, 0.3) is 0 Å². The molecule has 0 aliphatic carbocycles. The number of para-hydroxylation sites is 1. The van der Waals surface area contributed by atoms with Gasteiger partial charge in [0.1, 0.15) is 6.33 Å². The molecule has 0 aliphatic rings. The molecule has 126 valence electrons. The number of anilines is 4. The number of pyridine rings is 1. The van der Waals surface area contributed by atoms with Crippen LogP contribution < -0.4 is 10.6 Å². The van der Waals surface area contributed by atoms with Crippen LogP contribution in [-0.4, -0.2) is 19.9 Å². The van der Waals surface area contributed by atoms with Crippen molar-refractivity contribution >= 4 is 56.2 Å². The summed E-state index contributed by atoms with van der Waals surface area (Å²) in [6.45, 7) is 0. The maximum Gasteiger partial charge on any atom is 0.353 e. The minimum atomic E-state index is -0.564. The molecule has 25 heavy (non-hydrogen) atoms. The van der Waals surface area contributed by atoms with Gasteiger partial charge in [0.05, 0.1) is 16.3 Å². The van der Waals surface area contributed by atoms with Crippen LogP contribution in [0.2, 0.25) is 5.15 Å². The summed E-state index contributed by atoms with van der Waals surface area (Å²) < 4.78 is 0.743. The quantitative estimate of drug-likeness (QED) is 0.350. The van der Waals surface area contributed by atoms with E-state index >= 15 is 0 Å². The minimum absolute atomic E-state index is 0.00412. The van der Waals surface area contributed by atoms with Crippen molar-refractivity contribution in [2.24, 2.45) is 0 Å². The van der Waals surface area contributed by atoms with Crippen molar-refractivity contribution in [3.8, 4) is 0 Å². The van der Waals surface area contributed by atoms with Gasteiger partial charge in [-0.15, -0.1) is 0 Å². The summed E-state index contributed by atoms with van der Waals surface area (Å²) in [5.74, 6) is 0.0545. The summed E-state index contributed by atoms with van der Waals surface area (Å²) in [4.78, 5) is 22.9. The minimum Gasteiger partial charge on any atom is -0.333 e. The summed E-state index contributed by atoms with van der Waals surface area (Å²) in [5.41, 5.74) is 0.727. The van der Waals surface area contributed by atoms with Gasteiger partial charge in [-0.2, -0.15) is 0 Å². The van der Waals surface area contributed by atoms with Gasteiger partial charge in [-0.25, -0.2) is 15.0 Å². The molecule has 0 radical (unpaired) electrons. The Kier molecular flexibility index (Phi) is 5.05. The fraction of sp³-hybridized carbons (Fsp3) is 0. The number of hydrogen-bond donors (Lipinski definition) is 2. The standard InChI is InChI=1S/C15H10BrClN6O2/c16-9-4-1-2-5-10(9)21-14-12(23(24)25)15(20-8-19-14)22-11-6-3-7-18-13(11)17/h1-8H,(H2,19,20,21,22). The molecule has 0 fully saturated rings. The Hall–Kier alpha value is -2.78. The second-order valence-electron chi connectivity index (χ2n) is 4.75. The first-order chi connectivity index (χ1) is 12.1. The number of nitrogens with one attached hydrogen (secondary N) is 2. The van der Waals surface area contributed by atoms with E-state index in [1.54, 1.807) is 24.3 Å². The van der Waals surface area contributed by atoms with E-state index in [4.69, 9.17) is 11.6 Å². The van der Waals surface area contributed by atoms with Gasteiger partial charge in [0.15, 0.2) is 5.15 Å². The lowest BCUT2D eigenvalue weighted by Crippen LogP contribution is -2.06. The molecule has 8 nitrogen and oxygen atoms in total. The van der Waals surface area contributed by atoms with Crippen molar-refractivity contribution in [2.75, 3.05) is 10.6 Å². The highest BCUT2D eigenvalue weighted by Gasteiger charge is 2.24. The second kappa shape index (κ2) is 7.41. The van der Waals surface area contributed by atoms with E-state index in [1.165, 1.54) is 12.5 Å². The number of nitrogens with zero attached hydrogens (tertiary/aromatic N) is 4. The lowest BCUT2D eigenvalue weighted by atomic mass is 10.3. The van der Waals surface area contributed by atoms with Crippen molar-refractivity contribution in [3.63, 3.8) is 0 Å². The van der Waals surface area contributed by atoms with Gasteiger partial charge in [-0.3, -0.25) is 10.1 Å². The van der Waals surface area contributed by atoms with Gasteiger partial charge < -0.3 is 10.6 Å². The van der Waals surface area contributed by atoms with Gasteiger partial charge >= 0.3 is 5.69 Å². The first-order valence-corrected chi connectivity index (χ1v) is 8.12. The Bertz CT molecular complexity index is 874. The molecule has 3 aromatic rings. The lowest BCUT2D eigenvalue weighted by molar-refractivity contribution is -0.383. The van der Waals surface area contributed by atoms with Crippen LogP contribution in [0.15, 0.2) is 53.4 Å². The summed E-state index contributed by atoms with van der Waals surface area (Å²) >= 11 is 9.37. The predicted molar refractivity (Wildman–Crippen MR) is 98.6 cm³/mol. The number of nitro groups is 1. The summed E-state index contributed by atoms with van der Waals surface area (Å²) in [6, 6.07) is 10.5. The van der Waals surface area contributed by atoms with E-state index in [1.807, 2.05) is 12.1 Å². The van der Waals surface area contributed by atoms with E-state index in [0.29, 0.717) is 11.4 Å². The molecule has 3 rings (SSSR count). The average molecular weight is 422 g/mol. The van der Waals surface area contributed by atoms with Gasteiger partial charge in [0, 0.05) is 10.7 Å². The highest BCUT2D eigenvalue weighted by molar-refractivity contribution is 9.10. The number of aromatic nitrogens is 3. The molecular weight excluding hydrogens is 412 g/mol. The van der Waals surface area contributed by atoms with E-state index in [-0.39, 0.29) is 22.5 Å². The first kappa shape index (κ1) is 17.1. The van der Waals surface area contributed by atoms with Gasteiger partial charge in [0.2, 0.25) is 11.6 Å². The van der Waals surface area contributed by atoms with Gasteiger partial charge in [-0.05, 0) is 40.2 Å². The van der Waals surface area contributed by atoms with Crippen molar-refractivity contribution in [1.29, 1.82) is 0 Å². The fourth-order valence-corrected chi connectivity index (χ4v) is 2.58. The third-order valence-corrected chi connectivity index (χ3v) is 4.14. The molecule has 0 bridgehead atoms. The zero-order valence-electron chi connectivity index (χ0n) is 12.5. The number of halogens is 2. The Labute approximate surface area is 155 Å². The largest absolute Gasteiger partial charge is 0.353 e. The molecule has 10 heteroatoms. The maximum absolute atomic E-state index is 11.6. The third kappa shape index (κ3) is 3.83. The highest BCUT2D eigenvalue weighted by Crippen LogP contribution is 2.35. The smallest absolute Gasteiger partial charge is 0.333 e. The molecule has 0 saturated carbocycles. The maximum atomic E-state index is 11.6. The number of hydrogen-bond acceptors (Lipinski definition) is 7. The van der Waals surface area contributed by atoms with Gasteiger partial charge in [-0.1, -0.05) is 23.7 Å². The topological polar surface area (TPSA) is 106 Å². The van der Waals surface area contributed by atoms with Crippen molar-refractivity contribution in [1.82, 2.24) is 15.0 Å². The lowest BCUT2D eigenvalue weighted by Gasteiger charge is -2.11. The van der Waals surface area contributed by atoms with Crippen LogP contribution in [0.3, 0.4) is 0 Å². The SMILES string of the molecule is O=[N+]([O-])c1c(Nc2ccccc2Br)ncnc1Nc1cccnc1Cl. The molecule has 1 aromatic carbocycles. The predicted octanol–water partition coefficient (Wildman–Crippen LogP) is 4.68. The zero-order valence-corrected chi connectivity index (χ0v) is 14.8. The summed E-state index contributed by atoms with van der Waals surface area (Å²) in [5, 5.41) is 17.5. The van der Waals surface area contributed by atoms with E-state index in [2.05, 4.69) is 41.5 Å². The molecule has 0 spiro atoms. The Balaban J connectivity index is 2.02. The van der Waals surface area contributed by atoms with E-state index < -0.39 is 4.92 Å². The number of rotatable bonds is 5. The van der Waals surface area contributed by atoms with Crippen LogP contribution in [0.1, 0.15) is 0 Å². The molecule has 0 saturated heterocycles. The fourth-order valence-electron chi connectivity index (χ4n) is 2.03. The van der Waals surface area contributed by atoms with E-state index in [0.717, 1.165) is 4.47 Å². The van der Waals surface area contributed by atoms with Crippen molar-refractivity contribution in [2.45, 2.75) is 0 Å². The molecule has 0 unspecified atom stereocenters. The monoisotopic (exact) mass is 420 g/mol. The average Bonchev–Trinajstić information content (AvgIpc) is 2.59. The summed E-state index contributed by atoms with van der Waals surface area (Å²) in [7, 11) is 0. The van der Waals surface area contributed by atoms with Crippen molar-refractivity contribution in [3.05, 3.63) is 68.7 Å². The van der Waals surface area contributed by atoms with Gasteiger partial charge in [0.25, 0.3) is 0 Å². The van der Waals surface area contributed by atoms with Crippen LogP contribution in [0.5, 0.6) is 0 Å². The van der Waals surface area contributed by atoms with Crippen molar-refractivity contribution < 1.29 is 4.92 Å². The Morgan fingerprint density at radius 3 is 2.28 bits per heavy atom. The number of benzene rings is 1. The highest BCUT2D eigenvalue weighted by atomic mass is 79.9. The molecule has 0 atom stereocenters. The molecule has 2 aromatic heterocycles. The second-order valence-corrected chi connectivity index (χ2v) is 5.96. The zero-order chi connectivity index (χ0) is 17.8. The Morgan fingerprint density at radius 1 is 1.00 bits per heavy atom. The molecular formula is C15H10BrClN6O2. The van der Waals surface area contributed by atoms with E-state index in [9.17, 15) is 10.1 Å². The normalized spacial score (nSPS) is 10.3. The van der Waals surface area contributed by atoms with Crippen LogP contribution in [0.4, 0.5) is 28.7 Å². The van der Waals surface area contributed by atoms with Crippen LogP contribution in [0, 0.1) is 10.1 Å². The molecule has 0 amide bonds. The first-order valence-electron chi connectivity index (χ1n) is 6.94. The molecule has 2 N–H and O–H groups in total. The molecule has 2 heterocycles. The molecule has 0 aliphatic heterocycles.